The summed E-state index contributed by atoms with van der Waals surface area (Å²) in [5, 5.41) is 3.92. The first-order valence-electron chi connectivity index (χ1n) is 7.30. The Bertz CT molecular complexity index is 462. The summed E-state index contributed by atoms with van der Waals surface area (Å²) in [5.41, 5.74) is 1.76. The number of amides is 1. The number of likely N-dealkylation sites (N-methyl/N-ethyl adjacent to an activating group) is 1. The van der Waals surface area contributed by atoms with Crippen molar-refractivity contribution in [1.82, 2.24) is 15.0 Å². The van der Waals surface area contributed by atoms with Crippen LogP contribution in [0.3, 0.4) is 0 Å². The van der Waals surface area contributed by atoms with Gasteiger partial charge in [0, 0.05) is 31.2 Å². The fourth-order valence-electron chi connectivity index (χ4n) is 2.86. The van der Waals surface area contributed by atoms with E-state index in [0.29, 0.717) is 18.4 Å². The van der Waals surface area contributed by atoms with Crippen molar-refractivity contribution in [2.75, 3.05) is 26.7 Å². The summed E-state index contributed by atoms with van der Waals surface area (Å²) in [6.45, 7) is 10.7. The van der Waals surface area contributed by atoms with Gasteiger partial charge in [0.05, 0.1) is 12.1 Å². The van der Waals surface area contributed by atoms with Crippen molar-refractivity contribution in [1.29, 1.82) is 0 Å². The number of nitrogens with zero attached hydrogens (tertiary/aromatic N) is 3. The molecule has 1 atom stereocenters. The van der Waals surface area contributed by atoms with Crippen molar-refractivity contribution in [2.24, 2.45) is 5.92 Å². The monoisotopic (exact) mass is 279 g/mol. The molecule has 20 heavy (non-hydrogen) atoms. The Labute approximate surface area is 120 Å². The summed E-state index contributed by atoms with van der Waals surface area (Å²) >= 11 is 0. The van der Waals surface area contributed by atoms with Gasteiger partial charge in [-0.05, 0) is 26.8 Å². The third-order valence-corrected chi connectivity index (χ3v) is 4.33. The van der Waals surface area contributed by atoms with Gasteiger partial charge in [0.2, 0.25) is 5.91 Å². The number of aryl methyl sites for hydroxylation is 2. The molecule has 0 bridgehead atoms. The fraction of sp³-hybridized carbons (Fsp3) is 0.733. The molecule has 0 radical (unpaired) electrons. The van der Waals surface area contributed by atoms with Crippen LogP contribution in [0, 0.1) is 19.8 Å². The predicted octanol–water partition coefficient (Wildman–Crippen LogP) is 1.63. The van der Waals surface area contributed by atoms with Crippen LogP contribution < -0.4 is 0 Å². The summed E-state index contributed by atoms with van der Waals surface area (Å²) in [6, 6.07) is 0.442. The average molecular weight is 279 g/mol. The molecule has 1 aliphatic rings. The van der Waals surface area contributed by atoms with Gasteiger partial charge in [-0.3, -0.25) is 9.69 Å². The van der Waals surface area contributed by atoms with Crippen molar-refractivity contribution in [3.8, 4) is 0 Å². The summed E-state index contributed by atoms with van der Waals surface area (Å²) in [5.74, 6) is 1.48. The lowest BCUT2D eigenvalue weighted by molar-refractivity contribution is -0.133. The summed E-state index contributed by atoms with van der Waals surface area (Å²) in [7, 11) is 2.14. The lowest BCUT2D eigenvalue weighted by Crippen LogP contribution is -2.55. The van der Waals surface area contributed by atoms with E-state index in [1.807, 2.05) is 18.7 Å². The molecule has 1 amide bonds. The number of hydrogen-bond acceptors (Lipinski definition) is 4. The van der Waals surface area contributed by atoms with E-state index in [1.165, 1.54) is 0 Å². The van der Waals surface area contributed by atoms with E-state index in [0.717, 1.165) is 36.7 Å². The molecular weight excluding hydrogens is 254 g/mol. The molecule has 1 saturated heterocycles. The number of aromatic nitrogens is 1. The van der Waals surface area contributed by atoms with Crippen LogP contribution in [0.4, 0.5) is 0 Å². The van der Waals surface area contributed by atoms with Gasteiger partial charge in [-0.25, -0.2) is 0 Å². The number of carbonyl (C=O) groups is 1. The molecule has 0 N–H and O–H groups in total. The highest BCUT2D eigenvalue weighted by molar-refractivity contribution is 5.79. The van der Waals surface area contributed by atoms with Crippen molar-refractivity contribution < 1.29 is 9.32 Å². The smallest absolute Gasteiger partial charge is 0.227 e. The lowest BCUT2D eigenvalue weighted by atomic mass is 9.99. The van der Waals surface area contributed by atoms with Gasteiger partial charge in [0.1, 0.15) is 5.76 Å². The van der Waals surface area contributed by atoms with E-state index in [4.69, 9.17) is 4.52 Å². The van der Waals surface area contributed by atoms with Crippen LogP contribution in [-0.4, -0.2) is 53.6 Å². The van der Waals surface area contributed by atoms with E-state index in [-0.39, 0.29) is 5.91 Å². The van der Waals surface area contributed by atoms with Gasteiger partial charge in [0.25, 0.3) is 0 Å². The number of carbonyl (C=O) groups excluding carboxylic acids is 1. The van der Waals surface area contributed by atoms with Crippen LogP contribution in [0.2, 0.25) is 0 Å². The Hall–Kier alpha value is -1.36. The van der Waals surface area contributed by atoms with Crippen molar-refractivity contribution in [3.05, 3.63) is 17.0 Å². The maximum atomic E-state index is 12.5. The second-order valence-corrected chi connectivity index (χ2v) is 6.11. The second-order valence-electron chi connectivity index (χ2n) is 6.11. The summed E-state index contributed by atoms with van der Waals surface area (Å²) in [6.07, 6.45) is 0.399. The molecule has 2 heterocycles. The molecule has 0 aromatic carbocycles. The quantitative estimate of drug-likeness (QED) is 0.844. The highest BCUT2D eigenvalue weighted by atomic mass is 16.5. The van der Waals surface area contributed by atoms with Crippen LogP contribution in [0.5, 0.6) is 0 Å². The topological polar surface area (TPSA) is 49.6 Å². The minimum absolute atomic E-state index is 0.179. The highest BCUT2D eigenvalue weighted by Crippen LogP contribution is 2.18. The van der Waals surface area contributed by atoms with Gasteiger partial charge < -0.3 is 9.42 Å². The molecule has 1 aromatic rings. The Morgan fingerprint density at radius 3 is 2.65 bits per heavy atom. The lowest BCUT2D eigenvalue weighted by Gasteiger charge is -2.41. The van der Waals surface area contributed by atoms with Gasteiger partial charge in [0.15, 0.2) is 0 Å². The third kappa shape index (κ3) is 3.03. The first-order valence-corrected chi connectivity index (χ1v) is 7.30. The first-order chi connectivity index (χ1) is 9.40. The van der Waals surface area contributed by atoms with Crippen molar-refractivity contribution in [2.45, 2.75) is 40.2 Å². The Kier molecular flexibility index (Phi) is 4.48. The van der Waals surface area contributed by atoms with Crippen LogP contribution in [-0.2, 0) is 11.2 Å². The molecule has 2 rings (SSSR count). The molecule has 0 spiro atoms. The number of piperazine rings is 1. The molecule has 1 aliphatic heterocycles. The standard InChI is InChI=1S/C15H25N3O2/c1-10(2)14-9-18(7-6-17(14)5)15(19)8-13-11(3)16-20-12(13)4/h10,14H,6-9H2,1-5H3/t14-/m1/s1. The van der Waals surface area contributed by atoms with Gasteiger partial charge >= 0.3 is 0 Å². The Morgan fingerprint density at radius 2 is 2.10 bits per heavy atom. The van der Waals surface area contributed by atoms with Gasteiger partial charge in [-0.15, -0.1) is 0 Å². The van der Waals surface area contributed by atoms with E-state index >= 15 is 0 Å². The average Bonchev–Trinajstić information content (AvgIpc) is 2.70. The van der Waals surface area contributed by atoms with Crippen LogP contribution in [0.25, 0.3) is 0 Å². The minimum atomic E-state index is 0.179. The van der Waals surface area contributed by atoms with E-state index < -0.39 is 0 Å². The van der Waals surface area contributed by atoms with Crippen molar-refractivity contribution >= 4 is 5.91 Å². The van der Waals surface area contributed by atoms with E-state index in [2.05, 4.69) is 31.0 Å². The third-order valence-electron chi connectivity index (χ3n) is 4.33. The molecule has 0 aliphatic carbocycles. The molecule has 5 heteroatoms. The number of hydrogen-bond donors (Lipinski definition) is 0. The Balaban J connectivity index is 2.03. The van der Waals surface area contributed by atoms with Crippen LogP contribution in [0.1, 0.15) is 30.9 Å². The van der Waals surface area contributed by atoms with E-state index in [9.17, 15) is 4.79 Å². The maximum Gasteiger partial charge on any atom is 0.227 e. The molecule has 5 nitrogen and oxygen atoms in total. The maximum absolute atomic E-state index is 12.5. The largest absolute Gasteiger partial charge is 0.361 e. The normalized spacial score (nSPS) is 20.7. The molecular formula is C15H25N3O2. The predicted molar refractivity (Wildman–Crippen MR) is 77.5 cm³/mol. The highest BCUT2D eigenvalue weighted by Gasteiger charge is 2.29. The second kappa shape index (κ2) is 5.95. The molecule has 0 saturated carbocycles. The van der Waals surface area contributed by atoms with E-state index in [1.54, 1.807) is 0 Å². The summed E-state index contributed by atoms with van der Waals surface area (Å²) < 4.78 is 5.13. The zero-order chi connectivity index (χ0) is 14.9. The number of rotatable bonds is 3. The minimum Gasteiger partial charge on any atom is -0.361 e. The Morgan fingerprint density at radius 1 is 1.40 bits per heavy atom. The zero-order valence-electron chi connectivity index (χ0n) is 13.1. The molecule has 1 fully saturated rings. The van der Waals surface area contributed by atoms with Crippen molar-refractivity contribution in [3.63, 3.8) is 0 Å². The molecule has 1 aromatic heterocycles. The van der Waals surface area contributed by atoms with Gasteiger partial charge in [-0.2, -0.15) is 0 Å². The fourth-order valence-corrected chi connectivity index (χ4v) is 2.86. The molecule has 112 valence electrons. The van der Waals surface area contributed by atoms with Crippen LogP contribution >= 0.6 is 0 Å². The van der Waals surface area contributed by atoms with Crippen LogP contribution in [0.15, 0.2) is 4.52 Å². The van der Waals surface area contributed by atoms with Gasteiger partial charge in [-0.1, -0.05) is 19.0 Å². The SMILES string of the molecule is Cc1noc(C)c1CC(=O)N1CCN(C)[C@@H](C(C)C)C1. The summed E-state index contributed by atoms with van der Waals surface area (Å²) in [4.78, 5) is 16.8. The first kappa shape index (κ1) is 15.0. The molecule has 0 unspecified atom stereocenters. The zero-order valence-corrected chi connectivity index (χ0v) is 13.1.